The summed E-state index contributed by atoms with van der Waals surface area (Å²) in [6, 6.07) is 7.00. The van der Waals surface area contributed by atoms with Gasteiger partial charge in [-0.05, 0) is 19.1 Å². The standard InChI is InChI=1S/C13H16ClNO2/c1-10(15-5-7-17-8-6-15)13(16)11-3-2-4-12(14)9-11/h2-4,9-10H,5-8H2,1H3. The highest BCUT2D eigenvalue weighted by Gasteiger charge is 2.23. The van der Waals surface area contributed by atoms with Crippen LogP contribution in [0.2, 0.25) is 5.02 Å². The summed E-state index contributed by atoms with van der Waals surface area (Å²) < 4.78 is 5.28. The molecule has 4 heteroatoms. The van der Waals surface area contributed by atoms with Crippen molar-refractivity contribution in [2.24, 2.45) is 0 Å². The molecule has 0 spiro atoms. The SMILES string of the molecule is CC(C(=O)c1cccc(Cl)c1)N1CCOCC1. The van der Waals surface area contributed by atoms with E-state index >= 15 is 0 Å². The number of halogens is 1. The molecule has 0 N–H and O–H groups in total. The molecule has 0 aromatic heterocycles. The summed E-state index contributed by atoms with van der Waals surface area (Å²) in [7, 11) is 0. The minimum absolute atomic E-state index is 0.114. The van der Waals surface area contributed by atoms with Crippen LogP contribution in [0, 0.1) is 0 Å². The number of rotatable bonds is 3. The lowest BCUT2D eigenvalue weighted by molar-refractivity contribution is 0.0208. The molecule has 0 bridgehead atoms. The Bertz CT molecular complexity index is 402. The number of benzene rings is 1. The maximum Gasteiger partial charge on any atom is 0.179 e. The molecular weight excluding hydrogens is 238 g/mol. The summed E-state index contributed by atoms with van der Waals surface area (Å²) in [6.07, 6.45) is 0. The Hall–Kier alpha value is -0.900. The van der Waals surface area contributed by atoms with E-state index in [0.29, 0.717) is 23.8 Å². The molecule has 2 rings (SSSR count). The van der Waals surface area contributed by atoms with Crippen LogP contribution in [0.1, 0.15) is 17.3 Å². The second kappa shape index (κ2) is 5.63. The number of ether oxygens (including phenoxy) is 1. The van der Waals surface area contributed by atoms with Crippen LogP contribution < -0.4 is 0 Å². The smallest absolute Gasteiger partial charge is 0.179 e. The van der Waals surface area contributed by atoms with Crippen molar-refractivity contribution in [3.05, 3.63) is 34.9 Å². The Morgan fingerprint density at radius 1 is 1.41 bits per heavy atom. The molecular formula is C13H16ClNO2. The average Bonchev–Trinajstić information content (AvgIpc) is 2.38. The number of morpholine rings is 1. The maximum absolute atomic E-state index is 12.3. The third kappa shape index (κ3) is 3.06. The monoisotopic (exact) mass is 253 g/mol. The zero-order chi connectivity index (χ0) is 12.3. The molecule has 1 fully saturated rings. The van der Waals surface area contributed by atoms with Gasteiger partial charge in [0.25, 0.3) is 0 Å². The van der Waals surface area contributed by atoms with E-state index in [1.165, 1.54) is 0 Å². The first-order valence-electron chi connectivity index (χ1n) is 5.80. The molecule has 0 radical (unpaired) electrons. The molecule has 1 unspecified atom stereocenters. The van der Waals surface area contributed by atoms with Crippen LogP contribution in [0.3, 0.4) is 0 Å². The molecule has 1 heterocycles. The van der Waals surface area contributed by atoms with Gasteiger partial charge in [0.05, 0.1) is 19.3 Å². The lowest BCUT2D eigenvalue weighted by atomic mass is 10.0. The van der Waals surface area contributed by atoms with Crippen molar-refractivity contribution in [2.75, 3.05) is 26.3 Å². The second-order valence-electron chi connectivity index (χ2n) is 4.20. The first kappa shape index (κ1) is 12.6. The molecule has 0 saturated carbocycles. The highest BCUT2D eigenvalue weighted by atomic mass is 35.5. The van der Waals surface area contributed by atoms with Crippen LogP contribution >= 0.6 is 11.6 Å². The minimum Gasteiger partial charge on any atom is -0.379 e. The molecule has 17 heavy (non-hydrogen) atoms. The fourth-order valence-corrected chi connectivity index (χ4v) is 2.20. The predicted molar refractivity (Wildman–Crippen MR) is 67.6 cm³/mol. The first-order valence-corrected chi connectivity index (χ1v) is 6.18. The zero-order valence-electron chi connectivity index (χ0n) is 9.86. The van der Waals surface area contributed by atoms with Gasteiger partial charge in [-0.1, -0.05) is 23.7 Å². The number of ketones is 1. The van der Waals surface area contributed by atoms with Gasteiger partial charge in [0.2, 0.25) is 0 Å². The van der Waals surface area contributed by atoms with Crippen molar-refractivity contribution < 1.29 is 9.53 Å². The van der Waals surface area contributed by atoms with Crippen molar-refractivity contribution >= 4 is 17.4 Å². The lowest BCUT2D eigenvalue weighted by Gasteiger charge is -2.31. The number of hydrogen-bond donors (Lipinski definition) is 0. The molecule has 3 nitrogen and oxygen atoms in total. The van der Waals surface area contributed by atoms with E-state index in [4.69, 9.17) is 16.3 Å². The van der Waals surface area contributed by atoms with Gasteiger partial charge in [-0.2, -0.15) is 0 Å². The van der Waals surface area contributed by atoms with Gasteiger partial charge in [-0.15, -0.1) is 0 Å². The molecule has 0 aliphatic carbocycles. The molecule has 1 aliphatic rings. The van der Waals surface area contributed by atoms with E-state index in [9.17, 15) is 4.79 Å². The van der Waals surface area contributed by atoms with Crippen LogP contribution in [0.5, 0.6) is 0 Å². The van der Waals surface area contributed by atoms with E-state index in [1.807, 2.05) is 19.1 Å². The van der Waals surface area contributed by atoms with Crippen molar-refractivity contribution in [2.45, 2.75) is 13.0 Å². The highest BCUT2D eigenvalue weighted by molar-refractivity contribution is 6.31. The van der Waals surface area contributed by atoms with E-state index in [2.05, 4.69) is 4.90 Å². The highest BCUT2D eigenvalue weighted by Crippen LogP contribution is 2.15. The number of hydrogen-bond acceptors (Lipinski definition) is 3. The number of nitrogens with zero attached hydrogens (tertiary/aromatic N) is 1. The van der Waals surface area contributed by atoms with Gasteiger partial charge in [0.1, 0.15) is 0 Å². The summed E-state index contributed by atoms with van der Waals surface area (Å²) in [4.78, 5) is 14.4. The summed E-state index contributed by atoms with van der Waals surface area (Å²) >= 11 is 5.89. The van der Waals surface area contributed by atoms with E-state index < -0.39 is 0 Å². The largest absolute Gasteiger partial charge is 0.379 e. The third-order valence-electron chi connectivity index (χ3n) is 3.08. The lowest BCUT2D eigenvalue weighted by Crippen LogP contribution is -2.45. The summed E-state index contributed by atoms with van der Waals surface area (Å²) in [5.74, 6) is 0.120. The first-order chi connectivity index (χ1) is 8.18. The van der Waals surface area contributed by atoms with Gasteiger partial charge in [0, 0.05) is 23.7 Å². The zero-order valence-corrected chi connectivity index (χ0v) is 10.6. The maximum atomic E-state index is 12.3. The molecule has 92 valence electrons. The topological polar surface area (TPSA) is 29.5 Å². The number of carbonyl (C=O) groups is 1. The van der Waals surface area contributed by atoms with Crippen LogP contribution in [-0.4, -0.2) is 43.0 Å². The summed E-state index contributed by atoms with van der Waals surface area (Å²) in [5, 5.41) is 0.602. The molecule has 1 atom stereocenters. The Labute approximate surface area is 106 Å². The van der Waals surface area contributed by atoms with Crippen molar-refractivity contribution in [1.29, 1.82) is 0 Å². The Kier molecular flexibility index (Phi) is 4.15. The van der Waals surface area contributed by atoms with Crippen molar-refractivity contribution in [1.82, 2.24) is 4.90 Å². The Morgan fingerprint density at radius 3 is 2.76 bits per heavy atom. The van der Waals surface area contributed by atoms with Gasteiger partial charge < -0.3 is 4.74 Å². The number of carbonyl (C=O) groups excluding carboxylic acids is 1. The predicted octanol–water partition coefficient (Wildman–Crippen LogP) is 2.24. The summed E-state index contributed by atoms with van der Waals surface area (Å²) in [6.45, 7) is 4.97. The van der Waals surface area contributed by atoms with Crippen LogP contribution in [0.25, 0.3) is 0 Å². The van der Waals surface area contributed by atoms with Gasteiger partial charge in [-0.25, -0.2) is 0 Å². The molecule has 1 aromatic carbocycles. The van der Waals surface area contributed by atoms with Gasteiger partial charge >= 0.3 is 0 Å². The van der Waals surface area contributed by atoms with Gasteiger partial charge in [0.15, 0.2) is 5.78 Å². The van der Waals surface area contributed by atoms with Gasteiger partial charge in [-0.3, -0.25) is 9.69 Å². The Balaban J connectivity index is 2.08. The minimum atomic E-state index is -0.114. The fraction of sp³-hybridized carbons (Fsp3) is 0.462. The van der Waals surface area contributed by atoms with E-state index in [0.717, 1.165) is 13.1 Å². The van der Waals surface area contributed by atoms with E-state index in [1.54, 1.807) is 12.1 Å². The van der Waals surface area contributed by atoms with Crippen LogP contribution in [-0.2, 0) is 4.74 Å². The molecule has 1 aliphatic heterocycles. The normalized spacial score (nSPS) is 18.9. The van der Waals surface area contributed by atoms with Crippen LogP contribution in [0.15, 0.2) is 24.3 Å². The molecule has 0 amide bonds. The molecule has 1 saturated heterocycles. The third-order valence-corrected chi connectivity index (χ3v) is 3.32. The quantitative estimate of drug-likeness (QED) is 0.774. The van der Waals surface area contributed by atoms with Crippen LogP contribution in [0.4, 0.5) is 0 Å². The molecule has 1 aromatic rings. The Morgan fingerprint density at radius 2 is 2.12 bits per heavy atom. The average molecular weight is 254 g/mol. The second-order valence-corrected chi connectivity index (χ2v) is 4.64. The summed E-state index contributed by atoms with van der Waals surface area (Å²) in [5.41, 5.74) is 0.677. The number of Topliss-reactive ketones (excluding diaryl/α,β-unsaturated/α-hetero) is 1. The fourth-order valence-electron chi connectivity index (χ4n) is 2.01. The van der Waals surface area contributed by atoms with E-state index in [-0.39, 0.29) is 11.8 Å². The van der Waals surface area contributed by atoms with Crippen molar-refractivity contribution in [3.63, 3.8) is 0 Å². The van der Waals surface area contributed by atoms with Crippen molar-refractivity contribution in [3.8, 4) is 0 Å².